The lowest BCUT2D eigenvalue weighted by Gasteiger charge is -2.31. The number of nitrogens with one attached hydrogen (secondary N) is 1. The van der Waals surface area contributed by atoms with Crippen LogP contribution in [0.1, 0.15) is 51.8 Å². The van der Waals surface area contributed by atoms with Crippen molar-refractivity contribution < 1.29 is 0 Å². The Balaban J connectivity index is 1.60. The summed E-state index contributed by atoms with van der Waals surface area (Å²) < 4.78 is 2.48. The van der Waals surface area contributed by atoms with E-state index in [1.807, 2.05) is 6.20 Å². The molecule has 0 unspecified atom stereocenters. The van der Waals surface area contributed by atoms with Crippen LogP contribution in [0.5, 0.6) is 0 Å². The average molecular weight is 506 g/mol. The highest BCUT2D eigenvalue weighted by atomic mass is 15.2. The molecule has 1 N–H and O–H groups in total. The molecule has 0 aliphatic heterocycles. The summed E-state index contributed by atoms with van der Waals surface area (Å²) in [7, 11) is 0. The topological polar surface area (TPSA) is 49.7 Å². The second-order valence-electron chi connectivity index (χ2n) is 11.5. The van der Waals surface area contributed by atoms with Crippen LogP contribution in [-0.4, -0.2) is 31.2 Å². The van der Waals surface area contributed by atoms with Crippen molar-refractivity contribution in [2.24, 2.45) is 5.41 Å². The van der Waals surface area contributed by atoms with Crippen molar-refractivity contribution in [1.82, 2.24) is 24.6 Å². The smallest absolute Gasteiger partial charge is 0.140 e. The number of aromatic amines is 1. The van der Waals surface area contributed by atoms with Gasteiger partial charge >= 0.3 is 0 Å². The molecule has 5 aromatic rings. The van der Waals surface area contributed by atoms with Crippen LogP contribution in [-0.2, 0) is 19.6 Å². The van der Waals surface area contributed by atoms with Crippen molar-refractivity contribution in [2.75, 3.05) is 6.54 Å². The average Bonchev–Trinajstić information content (AvgIpc) is 3.52. The van der Waals surface area contributed by atoms with Gasteiger partial charge in [-0.15, -0.1) is 0 Å². The number of nitrogens with zero attached hydrogens (tertiary/aromatic N) is 4. The molecule has 0 amide bonds. The molecule has 2 aromatic heterocycles. The fourth-order valence-electron chi connectivity index (χ4n) is 5.24. The summed E-state index contributed by atoms with van der Waals surface area (Å²) in [5, 5.41) is 8.44. The Hall–Kier alpha value is -3.70. The van der Waals surface area contributed by atoms with Crippen molar-refractivity contribution in [1.29, 1.82) is 0 Å². The van der Waals surface area contributed by atoms with Gasteiger partial charge in [0.1, 0.15) is 5.82 Å². The Morgan fingerprint density at radius 2 is 1.58 bits per heavy atom. The molecule has 2 heterocycles. The van der Waals surface area contributed by atoms with Crippen LogP contribution in [0.3, 0.4) is 0 Å². The maximum Gasteiger partial charge on any atom is 0.140 e. The number of fused-ring (bicyclic) bond motifs is 1. The Kier molecular flexibility index (Phi) is 7.75. The first kappa shape index (κ1) is 25.9. The molecule has 0 spiro atoms. The van der Waals surface area contributed by atoms with Gasteiger partial charge in [0.2, 0.25) is 0 Å². The van der Waals surface area contributed by atoms with Crippen LogP contribution < -0.4 is 0 Å². The molecule has 5 rings (SSSR count). The molecule has 3 aromatic carbocycles. The van der Waals surface area contributed by atoms with Gasteiger partial charge in [-0.1, -0.05) is 101 Å². The van der Waals surface area contributed by atoms with E-state index in [4.69, 9.17) is 4.98 Å². The van der Waals surface area contributed by atoms with E-state index >= 15 is 0 Å². The lowest BCUT2D eigenvalue weighted by molar-refractivity contribution is 0.173. The van der Waals surface area contributed by atoms with E-state index in [0.717, 1.165) is 61.4 Å². The minimum absolute atomic E-state index is 0.156. The standard InChI is InChI=1S/C33H39N5/c1-5-6-19-38-30(31(26-13-9-7-10-14-26)35-32(38)27-15-11-8-12-16-27)23-37(24-33(2,3)4)22-25-17-18-29-28(20-25)21-34-36-29/h7-18,20-21H,5-6,19,22-24H2,1-4H3,(H,34,36). The number of imidazole rings is 1. The molecule has 0 saturated heterocycles. The molecule has 0 radical (unpaired) electrons. The highest BCUT2D eigenvalue weighted by molar-refractivity contribution is 5.78. The van der Waals surface area contributed by atoms with Crippen molar-refractivity contribution in [3.63, 3.8) is 0 Å². The number of unbranched alkanes of at least 4 members (excludes halogenated alkanes) is 1. The Bertz CT molecular complexity index is 1460. The second kappa shape index (κ2) is 11.4. The van der Waals surface area contributed by atoms with Gasteiger partial charge in [-0.3, -0.25) is 10.00 Å². The minimum atomic E-state index is 0.156. The van der Waals surface area contributed by atoms with Gasteiger partial charge < -0.3 is 4.57 Å². The van der Waals surface area contributed by atoms with E-state index in [0.29, 0.717) is 0 Å². The third-order valence-corrected chi connectivity index (χ3v) is 6.87. The van der Waals surface area contributed by atoms with Gasteiger partial charge in [-0.2, -0.15) is 5.10 Å². The maximum atomic E-state index is 5.32. The number of H-pyrrole nitrogens is 1. The van der Waals surface area contributed by atoms with E-state index in [1.54, 1.807) is 0 Å². The zero-order chi connectivity index (χ0) is 26.5. The van der Waals surface area contributed by atoms with Gasteiger partial charge in [-0.05, 0) is 29.5 Å². The van der Waals surface area contributed by atoms with E-state index in [9.17, 15) is 0 Å². The molecule has 0 aliphatic rings. The molecule has 0 saturated carbocycles. The minimum Gasteiger partial charge on any atom is -0.326 e. The summed E-state index contributed by atoms with van der Waals surface area (Å²) in [6, 6.07) is 27.9. The van der Waals surface area contributed by atoms with Gasteiger partial charge in [0, 0.05) is 42.7 Å². The quantitative estimate of drug-likeness (QED) is 0.210. The summed E-state index contributed by atoms with van der Waals surface area (Å²) >= 11 is 0. The Labute approximate surface area is 226 Å². The zero-order valence-electron chi connectivity index (χ0n) is 23.1. The Morgan fingerprint density at radius 1 is 0.868 bits per heavy atom. The van der Waals surface area contributed by atoms with Gasteiger partial charge in [-0.25, -0.2) is 4.98 Å². The molecule has 5 nitrogen and oxygen atoms in total. The van der Waals surface area contributed by atoms with Gasteiger partial charge in [0.15, 0.2) is 0 Å². The van der Waals surface area contributed by atoms with Crippen LogP contribution in [0.4, 0.5) is 0 Å². The third kappa shape index (κ3) is 6.05. The molecule has 0 bridgehead atoms. The molecule has 5 heteroatoms. The number of hydrogen-bond donors (Lipinski definition) is 1. The third-order valence-electron chi connectivity index (χ3n) is 6.87. The first-order valence-corrected chi connectivity index (χ1v) is 13.8. The maximum absolute atomic E-state index is 5.32. The summed E-state index contributed by atoms with van der Waals surface area (Å²) in [6.45, 7) is 12.9. The Morgan fingerprint density at radius 3 is 2.26 bits per heavy atom. The monoisotopic (exact) mass is 505 g/mol. The number of rotatable bonds is 10. The fraction of sp³-hybridized carbons (Fsp3) is 0.333. The van der Waals surface area contributed by atoms with Crippen LogP contribution in [0.15, 0.2) is 85.1 Å². The van der Waals surface area contributed by atoms with E-state index < -0.39 is 0 Å². The normalized spacial score (nSPS) is 12.0. The molecule has 0 aliphatic carbocycles. The summed E-state index contributed by atoms with van der Waals surface area (Å²) in [4.78, 5) is 7.90. The highest BCUT2D eigenvalue weighted by Gasteiger charge is 2.24. The predicted octanol–water partition coefficient (Wildman–Crippen LogP) is 7.94. The molecule has 38 heavy (non-hydrogen) atoms. The largest absolute Gasteiger partial charge is 0.326 e. The van der Waals surface area contributed by atoms with Gasteiger partial charge in [0.25, 0.3) is 0 Å². The molecule has 0 atom stereocenters. The summed E-state index contributed by atoms with van der Waals surface area (Å²) in [5.74, 6) is 1.06. The molecular formula is C33H39N5. The van der Waals surface area contributed by atoms with E-state index in [1.165, 1.54) is 22.4 Å². The van der Waals surface area contributed by atoms with Crippen molar-refractivity contribution in [3.05, 3.63) is 96.3 Å². The highest BCUT2D eigenvalue weighted by Crippen LogP contribution is 2.32. The van der Waals surface area contributed by atoms with Crippen molar-refractivity contribution >= 4 is 10.9 Å². The van der Waals surface area contributed by atoms with Crippen molar-refractivity contribution in [3.8, 4) is 22.6 Å². The van der Waals surface area contributed by atoms with Gasteiger partial charge in [0.05, 0.1) is 23.1 Å². The predicted molar refractivity (Wildman–Crippen MR) is 158 cm³/mol. The lowest BCUT2D eigenvalue weighted by atomic mass is 9.95. The van der Waals surface area contributed by atoms with Crippen molar-refractivity contribution in [2.45, 2.75) is 60.2 Å². The zero-order valence-corrected chi connectivity index (χ0v) is 23.1. The van der Waals surface area contributed by atoms with Crippen LogP contribution >= 0.6 is 0 Å². The molecular weight excluding hydrogens is 466 g/mol. The van der Waals surface area contributed by atoms with Crippen LogP contribution in [0.2, 0.25) is 0 Å². The SMILES string of the molecule is CCCCn1c(-c2ccccc2)nc(-c2ccccc2)c1CN(Cc1ccc2[nH]ncc2c1)CC(C)(C)C. The fourth-order valence-corrected chi connectivity index (χ4v) is 5.24. The van der Waals surface area contributed by atoms with Crippen LogP contribution in [0.25, 0.3) is 33.5 Å². The first-order valence-electron chi connectivity index (χ1n) is 13.8. The van der Waals surface area contributed by atoms with E-state index in [-0.39, 0.29) is 5.41 Å². The molecule has 0 fully saturated rings. The second-order valence-corrected chi connectivity index (χ2v) is 11.5. The number of hydrogen-bond acceptors (Lipinski definition) is 3. The number of aromatic nitrogens is 4. The summed E-state index contributed by atoms with van der Waals surface area (Å²) in [5.41, 5.74) is 7.25. The summed E-state index contributed by atoms with van der Waals surface area (Å²) in [6.07, 6.45) is 4.17. The van der Waals surface area contributed by atoms with Crippen LogP contribution in [0, 0.1) is 5.41 Å². The number of benzene rings is 3. The lowest BCUT2D eigenvalue weighted by Crippen LogP contribution is -2.33. The molecule has 196 valence electrons. The van der Waals surface area contributed by atoms with E-state index in [2.05, 4.69) is 126 Å². The first-order chi connectivity index (χ1) is 18.4.